The third-order valence-corrected chi connectivity index (χ3v) is 3.96. The maximum Gasteiger partial charge on any atom is 0.194 e. The standard InChI is InChI=1S/C15H16N4OS/c1-3-16-14-13(20-2)15(18-9-17-14)21-12-8-10-6-4-5-7-11(10)19-12/h4-9,19H,3H2,1-2H3,(H,16,17,18). The Morgan fingerprint density at radius 2 is 2.14 bits per heavy atom. The van der Waals surface area contributed by atoms with Crippen LogP contribution >= 0.6 is 11.8 Å². The number of rotatable bonds is 5. The van der Waals surface area contributed by atoms with Crippen molar-refractivity contribution in [1.29, 1.82) is 0 Å². The normalized spacial score (nSPS) is 10.8. The number of hydrogen-bond acceptors (Lipinski definition) is 5. The van der Waals surface area contributed by atoms with Gasteiger partial charge in [0.1, 0.15) is 11.4 Å². The molecule has 0 saturated carbocycles. The van der Waals surface area contributed by atoms with Gasteiger partial charge in [-0.05, 0) is 30.8 Å². The van der Waals surface area contributed by atoms with Gasteiger partial charge < -0.3 is 15.0 Å². The zero-order chi connectivity index (χ0) is 14.7. The Morgan fingerprint density at radius 1 is 1.29 bits per heavy atom. The van der Waals surface area contributed by atoms with Crippen LogP contribution in [0.4, 0.5) is 5.82 Å². The van der Waals surface area contributed by atoms with Crippen molar-refractivity contribution >= 4 is 28.5 Å². The van der Waals surface area contributed by atoms with Crippen LogP contribution in [0.25, 0.3) is 10.9 Å². The minimum absolute atomic E-state index is 0.669. The first-order valence-electron chi connectivity index (χ1n) is 6.70. The van der Waals surface area contributed by atoms with E-state index in [-0.39, 0.29) is 0 Å². The number of ether oxygens (including phenoxy) is 1. The van der Waals surface area contributed by atoms with Crippen LogP contribution in [0.3, 0.4) is 0 Å². The van der Waals surface area contributed by atoms with Gasteiger partial charge in [0, 0.05) is 17.4 Å². The SMILES string of the molecule is CCNc1ncnc(Sc2cc3ccccc3[nH]2)c1OC. The second kappa shape index (κ2) is 6.05. The van der Waals surface area contributed by atoms with Gasteiger partial charge in [0.05, 0.1) is 12.1 Å². The number of H-pyrrole nitrogens is 1. The Morgan fingerprint density at radius 3 is 2.90 bits per heavy atom. The fourth-order valence-corrected chi connectivity index (χ4v) is 3.04. The number of methoxy groups -OCH3 is 1. The number of hydrogen-bond donors (Lipinski definition) is 2. The van der Waals surface area contributed by atoms with Crippen molar-refractivity contribution in [2.45, 2.75) is 17.0 Å². The van der Waals surface area contributed by atoms with E-state index in [9.17, 15) is 0 Å². The zero-order valence-electron chi connectivity index (χ0n) is 11.9. The number of nitrogens with one attached hydrogen (secondary N) is 2. The number of aromatic nitrogens is 3. The summed E-state index contributed by atoms with van der Waals surface area (Å²) in [5, 5.41) is 6.17. The van der Waals surface area contributed by atoms with Crippen molar-refractivity contribution in [3.63, 3.8) is 0 Å². The molecule has 0 radical (unpaired) electrons. The number of nitrogens with zero attached hydrogens (tertiary/aromatic N) is 2. The molecule has 1 aromatic carbocycles. The summed E-state index contributed by atoms with van der Waals surface area (Å²) >= 11 is 1.53. The molecule has 2 aromatic heterocycles. The van der Waals surface area contributed by atoms with Crippen LogP contribution in [0.2, 0.25) is 0 Å². The van der Waals surface area contributed by atoms with E-state index < -0.39 is 0 Å². The van der Waals surface area contributed by atoms with Gasteiger partial charge in [-0.25, -0.2) is 9.97 Å². The third-order valence-electron chi connectivity index (χ3n) is 3.03. The maximum absolute atomic E-state index is 5.45. The first-order valence-corrected chi connectivity index (χ1v) is 7.52. The predicted octanol–water partition coefficient (Wildman–Crippen LogP) is 3.55. The Kier molecular flexibility index (Phi) is 3.96. The third kappa shape index (κ3) is 2.80. The summed E-state index contributed by atoms with van der Waals surface area (Å²) in [4.78, 5) is 11.9. The van der Waals surface area contributed by atoms with Gasteiger partial charge in [-0.3, -0.25) is 0 Å². The van der Waals surface area contributed by atoms with E-state index in [4.69, 9.17) is 4.74 Å². The minimum Gasteiger partial charge on any atom is -0.490 e. The fraction of sp³-hybridized carbons (Fsp3) is 0.200. The molecular weight excluding hydrogens is 284 g/mol. The van der Waals surface area contributed by atoms with E-state index in [1.807, 2.05) is 19.1 Å². The molecule has 0 fully saturated rings. The molecule has 0 bridgehead atoms. The highest BCUT2D eigenvalue weighted by molar-refractivity contribution is 7.99. The van der Waals surface area contributed by atoms with E-state index in [1.165, 1.54) is 17.1 Å². The number of benzene rings is 1. The summed E-state index contributed by atoms with van der Waals surface area (Å²) in [5.41, 5.74) is 1.11. The highest BCUT2D eigenvalue weighted by atomic mass is 32.2. The van der Waals surface area contributed by atoms with Gasteiger partial charge in [0.2, 0.25) is 0 Å². The average molecular weight is 300 g/mol. The summed E-state index contributed by atoms with van der Waals surface area (Å²) in [6.07, 6.45) is 1.55. The van der Waals surface area contributed by atoms with Crippen LogP contribution < -0.4 is 10.1 Å². The van der Waals surface area contributed by atoms with Crippen LogP contribution in [-0.2, 0) is 0 Å². The van der Waals surface area contributed by atoms with E-state index in [0.717, 1.165) is 22.1 Å². The zero-order valence-corrected chi connectivity index (χ0v) is 12.7. The highest BCUT2D eigenvalue weighted by Crippen LogP contribution is 2.37. The van der Waals surface area contributed by atoms with Gasteiger partial charge >= 0.3 is 0 Å². The lowest BCUT2D eigenvalue weighted by Gasteiger charge is -2.11. The topological polar surface area (TPSA) is 62.8 Å². The van der Waals surface area contributed by atoms with Crippen LogP contribution in [-0.4, -0.2) is 28.6 Å². The largest absolute Gasteiger partial charge is 0.490 e. The second-order valence-electron chi connectivity index (χ2n) is 4.41. The van der Waals surface area contributed by atoms with Crippen molar-refractivity contribution in [3.05, 3.63) is 36.7 Å². The van der Waals surface area contributed by atoms with Gasteiger partial charge in [0.15, 0.2) is 11.6 Å². The molecule has 0 saturated heterocycles. The van der Waals surface area contributed by atoms with Gasteiger partial charge in [-0.15, -0.1) is 0 Å². The molecule has 0 spiro atoms. The van der Waals surface area contributed by atoms with E-state index in [1.54, 1.807) is 13.4 Å². The molecule has 21 heavy (non-hydrogen) atoms. The summed E-state index contributed by atoms with van der Waals surface area (Å²) in [7, 11) is 1.63. The molecule has 0 aliphatic rings. The van der Waals surface area contributed by atoms with Crippen LogP contribution in [0.1, 0.15) is 6.92 Å². The molecule has 0 amide bonds. The smallest absolute Gasteiger partial charge is 0.194 e. The first-order chi connectivity index (χ1) is 10.3. The van der Waals surface area contributed by atoms with Gasteiger partial charge in [-0.2, -0.15) is 0 Å². The lowest BCUT2D eigenvalue weighted by molar-refractivity contribution is 0.400. The van der Waals surface area contributed by atoms with E-state index in [0.29, 0.717) is 11.6 Å². The molecular formula is C15H16N4OS. The summed E-state index contributed by atoms with van der Waals surface area (Å²) in [6, 6.07) is 10.3. The van der Waals surface area contributed by atoms with Crippen molar-refractivity contribution in [2.24, 2.45) is 0 Å². The lowest BCUT2D eigenvalue weighted by atomic mass is 10.3. The molecule has 5 nitrogen and oxygen atoms in total. The summed E-state index contributed by atoms with van der Waals surface area (Å²) < 4.78 is 5.45. The molecule has 3 aromatic rings. The molecule has 0 atom stereocenters. The second-order valence-corrected chi connectivity index (χ2v) is 5.44. The highest BCUT2D eigenvalue weighted by Gasteiger charge is 2.14. The Bertz CT molecular complexity index is 723. The van der Waals surface area contributed by atoms with Gasteiger partial charge in [-0.1, -0.05) is 18.2 Å². The van der Waals surface area contributed by atoms with E-state index >= 15 is 0 Å². The van der Waals surface area contributed by atoms with Crippen molar-refractivity contribution in [2.75, 3.05) is 19.0 Å². The van der Waals surface area contributed by atoms with Crippen molar-refractivity contribution < 1.29 is 4.74 Å². The molecule has 0 aliphatic carbocycles. The Balaban J connectivity index is 1.95. The molecule has 6 heteroatoms. The van der Waals surface area contributed by atoms with Crippen LogP contribution in [0.15, 0.2) is 46.7 Å². The van der Waals surface area contributed by atoms with E-state index in [2.05, 4.69) is 38.5 Å². The number of para-hydroxylation sites is 1. The molecule has 0 aliphatic heterocycles. The first kappa shape index (κ1) is 13.8. The van der Waals surface area contributed by atoms with Crippen molar-refractivity contribution in [3.8, 4) is 5.75 Å². The minimum atomic E-state index is 0.669. The van der Waals surface area contributed by atoms with Crippen LogP contribution in [0.5, 0.6) is 5.75 Å². The molecule has 2 heterocycles. The quantitative estimate of drug-likeness (QED) is 0.706. The van der Waals surface area contributed by atoms with Crippen molar-refractivity contribution in [1.82, 2.24) is 15.0 Å². The molecule has 2 N–H and O–H groups in total. The Labute approximate surface area is 127 Å². The van der Waals surface area contributed by atoms with Gasteiger partial charge in [0.25, 0.3) is 0 Å². The summed E-state index contributed by atoms with van der Waals surface area (Å²) in [6.45, 7) is 2.80. The average Bonchev–Trinajstić information content (AvgIpc) is 2.90. The maximum atomic E-state index is 5.45. The lowest BCUT2D eigenvalue weighted by Crippen LogP contribution is -2.03. The number of fused-ring (bicyclic) bond motifs is 1. The molecule has 0 unspecified atom stereocenters. The Hall–Kier alpha value is -2.21. The molecule has 108 valence electrons. The number of anilines is 1. The molecule has 3 rings (SSSR count). The predicted molar refractivity (Wildman–Crippen MR) is 85.2 cm³/mol. The summed E-state index contributed by atoms with van der Waals surface area (Å²) in [5.74, 6) is 1.39. The monoisotopic (exact) mass is 300 g/mol. The van der Waals surface area contributed by atoms with Crippen LogP contribution in [0, 0.1) is 0 Å². The number of aromatic amines is 1. The fourth-order valence-electron chi connectivity index (χ4n) is 2.11.